The van der Waals surface area contributed by atoms with Crippen LogP contribution in [0.1, 0.15) is 22.0 Å². The van der Waals surface area contributed by atoms with Crippen molar-refractivity contribution >= 4 is 18.4 Å². The second-order valence-electron chi connectivity index (χ2n) is 3.49. The zero-order valence-electron chi connectivity index (χ0n) is 9.12. The lowest BCUT2D eigenvalue weighted by molar-refractivity contribution is -0.291. The number of carbonyl (C=O) groups is 1. The Hall–Kier alpha value is -1.41. The molecule has 1 aromatic carbocycles. The van der Waals surface area contributed by atoms with Gasteiger partial charge in [-0.25, -0.2) is 4.79 Å². The molecule has 19 heavy (non-hydrogen) atoms. The van der Waals surface area contributed by atoms with Gasteiger partial charge in [0.2, 0.25) is 0 Å². The van der Waals surface area contributed by atoms with E-state index in [1.807, 2.05) is 0 Å². The quantitative estimate of drug-likeness (QED) is 0.844. The highest BCUT2D eigenvalue weighted by Gasteiger charge is 2.62. The van der Waals surface area contributed by atoms with Crippen LogP contribution in [0.2, 0.25) is 0 Å². The first-order valence-electron chi connectivity index (χ1n) is 4.61. The third-order valence-corrected chi connectivity index (χ3v) is 2.29. The number of aromatic carboxylic acids is 1. The molecule has 0 radical (unpaired) electrons. The lowest BCUT2D eigenvalue weighted by Crippen LogP contribution is -2.46. The summed E-state index contributed by atoms with van der Waals surface area (Å²) in [7, 11) is 0. The van der Waals surface area contributed by atoms with Crippen molar-refractivity contribution in [3.8, 4) is 0 Å². The Labute approximate surface area is 110 Å². The molecule has 0 unspecified atom stereocenters. The predicted octanol–water partition coefficient (Wildman–Crippen LogP) is 3.00. The number of hydrogen-bond acceptors (Lipinski definition) is 2. The fourth-order valence-electron chi connectivity index (χ4n) is 1.33. The van der Waals surface area contributed by atoms with Gasteiger partial charge >= 0.3 is 18.1 Å². The number of carboxylic acid groups (broad SMARTS) is 1. The van der Waals surface area contributed by atoms with E-state index in [-0.39, 0.29) is 12.4 Å². The van der Waals surface area contributed by atoms with Gasteiger partial charge in [-0.05, 0) is 11.6 Å². The minimum Gasteiger partial charge on any atom is -0.478 e. The summed E-state index contributed by atoms with van der Waals surface area (Å²) in [6, 6.07) is 1.29. The fraction of sp³-hybridized carbons (Fsp3) is 0.300. The van der Waals surface area contributed by atoms with Crippen LogP contribution < -0.4 is 5.73 Å². The van der Waals surface area contributed by atoms with Crippen molar-refractivity contribution in [2.75, 3.05) is 0 Å². The number of benzene rings is 1. The average Bonchev–Trinajstić information content (AvgIpc) is 2.26. The molecule has 0 fully saturated rings. The van der Waals surface area contributed by atoms with Crippen LogP contribution in [0.25, 0.3) is 0 Å². The van der Waals surface area contributed by atoms with Gasteiger partial charge in [0.15, 0.2) is 0 Å². The smallest absolute Gasteiger partial charge is 0.455 e. The van der Waals surface area contributed by atoms with Gasteiger partial charge in [-0.15, -0.1) is 12.4 Å². The molecule has 0 bridgehead atoms. The molecule has 1 rings (SSSR count). The summed E-state index contributed by atoms with van der Waals surface area (Å²) in [6.07, 6.45) is -5.85. The van der Waals surface area contributed by atoms with Gasteiger partial charge in [-0.3, -0.25) is 0 Å². The maximum absolute atomic E-state index is 13.0. The highest BCUT2D eigenvalue weighted by Crippen LogP contribution is 2.43. The van der Waals surface area contributed by atoms with Crippen LogP contribution in [0.3, 0.4) is 0 Å². The van der Waals surface area contributed by atoms with Gasteiger partial charge in [0.1, 0.15) is 6.04 Å². The van der Waals surface area contributed by atoms with Crippen LogP contribution in [-0.2, 0) is 0 Å². The van der Waals surface area contributed by atoms with E-state index in [2.05, 4.69) is 0 Å². The van der Waals surface area contributed by atoms with Gasteiger partial charge in [0.05, 0.1) is 5.56 Å². The van der Waals surface area contributed by atoms with Crippen molar-refractivity contribution in [2.45, 2.75) is 18.1 Å². The summed E-state index contributed by atoms with van der Waals surface area (Å²) >= 11 is 0. The Morgan fingerprint density at radius 2 is 1.63 bits per heavy atom. The van der Waals surface area contributed by atoms with Gasteiger partial charge in [0, 0.05) is 0 Å². The van der Waals surface area contributed by atoms with Crippen LogP contribution in [0.15, 0.2) is 24.3 Å². The predicted molar refractivity (Wildman–Crippen MR) is 58.6 cm³/mol. The molecular formula is C10H9ClF5NO2. The van der Waals surface area contributed by atoms with Crippen molar-refractivity contribution in [1.82, 2.24) is 0 Å². The van der Waals surface area contributed by atoms with Crippen LogP contribution in [0.5, 0.6) is 0 Å². The Kier molecular flexibility index (Phi) is 5.28. The van der Waals surface area contributed by atoms with E-state index in [0.29, 0.717) is 0 Å². The maximum atomic E-state index is 13.0. The first kappa shape index (κ1) is 17.6. The van der Waals surface area contributed by atoms with Crippen molar-refractivity contribution < 1.29 is 31.9 Å². The van der Waals surface area contributed by atoms with Crippen LogP contribution in [0.4, 0.5) is 22.0 Å². The standard InChI is InChI=1S/C10H8F5NO2.ClH/c11-9(12,10(13,14)15)7(16)5-3-1-2-4-6(5)8(17)18;/h1-4,7H,16H2,(H,17,18);1H/t7-;/m1./s1. The number of rotatable bonds is 3. The summed E-state index contributed by atoms with van der Waals surface area (Å²) in [5, 5.41) is 8.70. The molecule has 0 saturated heterocycles. The Morgan fingerprint density at radius 3 is 2.05 bits per heavy atom. The van der Waals surface area contributed by atoms with Gasteiger partial charge in [-0.2, -0.15) is 22.0 Å². The van der Waals surface area contributed by atoms with Crippen LogP contribution in [0, 0.1) is 0 Å². The molecule has 0 heterocycles. The normalized spacial score (nSPS) is 13.6. The number of nitrogens with two attached hydrogens (primary N) is 1. The number of hydrogen-bond donors (Lipinski definition) is 2. The highest BCUT2D eigenvalue weighted by atomic mass is 35.5. The zero-order valence-corrected chi connectivity index (χ0v) is 9.93. The summed E-state index contributed by atoms with van der Waals surface area (Å²) in [5.74, 6) is -6.84. The van der Waals surface area contributed by atoms with Crippen LogP contribution >= 0.6 is 12.4 Å². The topological polar surface area (TPSA) is 63.3 Å². The van der Waals surface area contributed by atoms with E-state index < -0.39 is 35.2 Å². The molecule has 0 aromatic heterocycles. The monoisotopic (exact) mass is 305 g/mol. The average molecular weight is 306 g/mol. The molecule has 3 nitrogen and oxygen atoms in total. The largest absolute Gasteiger partial charge is 0.478 e. The lowest BCUT2D eigenvalue weighted by Gasteiger charge is -2.26. The van der Waals surface area contributed by atoms with E-state index >= 15 is 0 Å². The summed E-state index contributed by atoms with van der Waals surface area (Å²) in [4.78, 5) is 10.7. The molecule has 1 aromatic rings. The molecule has 0 aliphatic rings. The number of alkyl halides is 5. The molecular weight excluding hydrogens is 297 g/mol. The fourth-order valence-corrected chi connectivity index (χ4v) is 1.33. The Bertz CT molecular complexity index is 463. The summed E-state index contributed by atoms with van der Waals surface area (Å²) in [5.41, 5.74) is 3.41. The SMILES string of the molecule is Cl.N[C@H](c1ccccc1C(=O)O)C(F)(F)C(F)(F)F. The molecule has 1 atom stereocenters. The highest BCUT2D eigenvalue weighted by molar-refractivity contribution is 5.89. The van der Waals surface area contributed by atoms with Crippen molar-refractivity contribution in [3.63, 3.8) is 0 Å². The minimum atomic E-state index is -5.85. The lowest BCUT2D eigenvalue weighted by atomic mass is 9.96. The van der Waals surface area contributed by atoms with E-state index in [9.17, 15) is 26.7 Å². The minimum absolute atomic E-state index is 0. The summed E-state index contributed by atoms with van der Waals surface area (Å²) < 4.78 is 62.4. The Balaban J connectivity index is 0.00000324. The number of carboxylic acids is 1. The second-order valence-corrected chi connectivity index (χ2v) is 3.49. The molecule has 3 N–H and O–H groups in total. The molecule has 108 valence electrons. The molecule has 0 saturated carbocycles. The molecule has 0 spiro atoms. The zero-order chi connectivity index (χ0) is 14.1. The molecule has 0 aliphatic heterocycles. The third kappa shape index (κ3) is 3.32. The second kappa shape index (κ2) is 5.70. The number of halogens is 6. The van der Waals surface area contributed by atoms with E-state index in [1.54, 1.807) is 0 Å². The van der Waals surface area contributed by atoms with Crippen molar-refractivity contribution in [2.24, 2.45) is 5.73 Å². The van der Waals surface area contributed by atoms with Crippen molar-refractivity contribution in [1.29, 1.82) is 0 Å². The van der Waals surface area contributed by atoms with E-state index in [4.69, 9.17) is 10.8 Å². The maximum Gasteiger partial charge on any atom is 0.455 e. The first-order chi connectivity index (χ1) is 8.09. The van der Waals surface area contributed by atoms with E-state index in [1.165, 1.54) is 6.07 Å². The van der Waals surface area contributed by atoms with Gasteiger partial charge in [-0.1, -0.05) is 18.2 Å². The molecule has 0 amide bonds. The molecule has 9 heteroatoms. The third-order valence-electron chi connectivity index (χ3n) is 2.29. The molecule has 0 aliphatic carbocycles. The van der Waals surface area contributed by atoms with Crippen molar-refractivity contribution in [3.05, 3.63) is 35.4 Å². The Morgan fingerprint density at radius 1 is 1.16 bits per heavy atom. The first-order valence-corrected chi connectivity index (χ1v) is 4.61. The van der Waals surface area contributed by atoms with Gasteiger partial charge < -0.3 is 10.8 Å². The van der Waals surface area contributed by atoms with Crippen LogP contribution in [-0.4, -0.2) is 23.2 Å². The van der Waals surface area contributed by atoms with E-state index in [0.717, 1.165) is 18.2 Å². The van der Waals surface area contributed by atoms with Gasteiger partial charge in [0.25, 0.3) is 0 Å². The summed E-state index contributed by atoms with van der Waals surface area (Å²) in [6.45, 7) is 0.